The highest BCUT2D eigenvalue weighted by Gasteiger charge is 2.10. The summed E-state index contributed by atoms with van der Waals surface area (Å²) in [7, 11) is 1.70. The maximum absolute atomic E-state index is 13.7. The van der Waals surface area contributed by atoms with Gasteiger partial charge in [-0.3, -0.25) is 4.99 Å². The molecule has 0 fully saturated rings. The standard InChI is InChI=1S/C16H23FN6.HI/c1-5-23-10-20-22-15(23)9-19-16(18-4)21-12(3)13-7-6-11(2)14(17)8-13;/h6-8,10,12H,5,9H2,1-4H3,(H2,18,19,21);1H. The Balaban J connectivity index is 0.00000288. The summed E-state index contributed by atoms with van der Waals surface area (Å²) in [6.07, 6.45) is 1.70. The number of nitrogens with one attached hydrogen (secondary N) is 2. The molecule has 0 radical (unpaired) electrons. The fourth-order valence-electron chi connectivity index (χ4n) is 2.20. The smallest absolute Gasteiger partial charge is 0.191 e. The molecule has 24 heavy (non-hydrogen) atoms. The maximum Gasteiger partial charge on any atom is 0.191 e. The van der Waals surface area contributed by atoms with Gasteiger partial charge in [0.2, 0.25) is 0 Å². The second kappa shape index (κ2) is 9.55. The Kier molecular flexibility index (Phi) is 8.09. The number of rotatable bonds is 5. The Labute approximate surface area is 159 Å². The molecule has 2 rings (SSSR count). The number of guanidine groups is 1. The van der Waals surface area contributed by atoms with E-state index in [4.69, 9.17) is 0 Å². The molecule has 1 aromatic heterocycles. The maximum atomic E-state index is 13.7. The Hall–Kier alpha value is -1.71. The van der Waals surface area contributed by atoms with Gasteiger partial charge in [-0.05, 0) is 38.0 Å². The fraction of sp³-hybridized carbons (Fsp3) is 0.438. The lowest BCUT2D eigenvalue weighted by Gasteiger charge is -2.18. The molecule has 0 saturated heterocycles. The SMILES string of the molecule is CCn1cnnc1CNC(=NC)NC(C)c1ccc(C)c(F)c1.I. The van der Waals surface area contributed by atoms with E-state index in [1.54, 1.807) is 32.4 Å². The average molecular weight is 446 g/mol. The van der Waals surface area contributed by atoms with Crippen LogP contribution in [0.15, 0.2) is 29.5 Å². The molecule has 0 aliphatic heterocycles. The fourth-order valence-corrected chi connectivity index (χ4v) is 2.20. The van der Waals surface area contributed by atoms with Gasteiger partial charge in [-0.2, -0.15) is 0 Å². The van der Waals surface area contributed by atoms with Crippen LogP contribution in [0.4, 0.5) is 4.39 Å². The topological polar surface area (TPSA) is 67.1 Å². The Morgan fingerprint density at radius 2 is 2.17 bits per heavy atom. The van der Waals surface area contributed by atoms with Crippen molar-refractivity contribution in [2.45, 2.75) is 39.9 Å². The Morgan fingerprint density at radius 1 is 1.42 bits per heavy atom. The molecule has 2 N–H and O–H groups in total. The first kappa shape index (κ1) is 20.3. The molecule has 0 aliphatic carbocycles. The summed E-state index contributed by atoms with van der Waals surface area (Å²) in [6, 6.07) is 5.17. The second-order valence-corrected chi connectivity index (χ2v) is 5.33. The van der Waals surface area contributed by atoms with Crippen molar-refractivity contribution in [3.63, 3.8) is 0 Å². The van der Waals surface area contributed by atoms with Crippen molar-refractivity contribution in [1.29, 1.82) is 0 Å². The third kappa shape index (κ3) is 5.15. The van der Waals surface area contributed by atoms with Gasteiger partial charge in [-0.1, -0.05) is 12.1 Å². The van der Waals surface area contributed by atoms with Crippen LogP contribution in [-0.2, 0) is 13.1 Å². The number of aryl methyl sites for hydroxylation is 2. The molecular weight excluding hydrogens is 422 g/mol. The average Bonchev–Trinajstić information content (AvgIpc) is 3.01. The van der Waals surface area contributed by atoms with E-state index in [9.17, 15) is 4.39 Å². The molecular formula is C16H24FIN6. The van der Waals surface area contributed by atoms with Gasteiger partial charge in [0.1, 0.15) is 12.1 Å². The highest BCUT2D eigenvalue weighted by atomic mass is 127. The minimum Gasteiger partial charge on any atom is -0.350 e. The Bertz CT molecular complexity index is 685. The number of hydrogen-bond acceptors (Lipinski definition) is 3. The summed E-state index contributed by atoms with van der Waals surface area (Å²) < 4.78 is 15.6. The lowest BCUT2D eigenvalue weighted by Crippen LogP contribution is -2.38. The van der Waals surface area contributed by atoms with E-state index in [2.05, 4.69) is 25.8 Å². The normalized spacial score (nSPS) is 12.5. The van der Waals surface area contributed by atoms with E-state index in [0.29, 0.717) is 18.1 Å². The molecule has 1 atom stereocenters. The van der Waals surface area contributed by atoms with Crippen LogP contribution in [0.25, 0.3) is 0 Å². The second-order valence-electron chi connectivity index (χ2n) is 5.33. The van der Waals surface area contributed by atoms with E-state index < -0.39 is 0 Å². The highest BCUT2D eigenvalue weighted by molar-refractivity contribution is 14.0. The molecule has 0 saturated carbocycles. The number of halogens is 2. The third-order valence-electron chi connectivity index (χ3n) is 3.72. The summed E-state index contributed by atoms with van der Waals surface area (Å²) in [4.78, 5) is 4.19. The third-order valence-corrected chi connectivity index (χ3v) is 3.72. The van der Waals surface area contributed by atoms with Crippen LogP contribution in [0, 0.1) is 12.7 Å². The van der Waals surface area contributed by atoms with Gasteiger partial charge in [0, 0.05) is 13.6 Å². The first-order valence-corrected chi connectivity index (χ1v) is 7.65. The van der Waals surface area contributed by atoms with Crippen molar-refractivity contribution >= 4 is 29.9 Å². The van der Waals surface area contributed by atoms with Gasteiger partial charge < -0.3 is 15.2 Å². The van der Waals surface area contributed by atoms with Gasteiger partial charge in [0.25, 0.3) is 0 Å². The van der Waals surface area contributed by atoms with Crippen molar-refractivity contribution < 1.29 is 4.39 Å². The monoisotopic (exact) mass is 446 g/mol. The number of aromatic nitrogens is 3. The van der Waals surface area contributed by atoms with E-state index >= 15 is 0 Å². The first-order valence-electron chi connectivity index (χ1n) is 7.65. The summed E-state index contributed by atoms with van der Waals surface area (Å²) >= 11 is 0. The lowest BCUT2D eigenvalue weighted by molar-refractivity contribution is 0.606. The number of benzene rings is 1. The molecule has 0 amide bonds. The lowest BCUT2D eigenvalue weighted by atomic mass is 10.1. The van der Waals surface area contributed by atoms with Crippen LogP contribution in [-0.4, -0.2) is 27.8 Å². The van der Waals surface area contributed by atoms with E-state index in [1.807, 2.05) is 24.5 Å². The predicted octanol–water partition coefficient (Wildman–Crippen LogP) is 2.79. The van der Waals surface area contributed by atoms with Gasteiger partial charge >= 0.3 is 0 Å². The van der Waals surface area contributed by atoms with Crippen LogP contribution in [0.3, 0.4) is 0 Å². The molecule has 132 valence electrons. The largest absolute Gasteiger partial charge is 0.350 e. The minimum absolute atomic E-state index is 0. The van der Waals surface area contributed by atoms with Crippen molar-refractivity contribution in [2.24, 2.45) is 4.99 Å². The van der Waals surface area contributed by atoms with E-state index in [-0.39, 0.29) is 35.8 Å². The summed E-state index contributed by atoms with van der Waals surface area (Å²) in [6.45, 7) is 7.08. The molecule has 0 bridgehead atoms. The molecule has 6 nitrogen and oxygen atoms in total. The number of hydrogen-bond donors (Lipinski definition) is 2. The van der Waals surface area contributed by atoms with Crippen LogP contribution in [0.1, 0.15) is 36.8 Å². The quantitative estimate of drug-likeness (QED) is 0.421. The molecule has 8 heteroatoms. The summed E-state index contributed by atoms with van der Waals surface area (Å²) in [5.41, 5.74) is 1.51. The molecule has 1 heterocycles. The number of aliphatic imine (C=N–C) groups is 1. The van der Waals surface area contributed by atoms with E-state index in [1.165, 1.54) is 0 Å². The summed E-state index contributed by atoms with van der Waals surface area (Å²) in [5.74, 6) is 1.27. The minimum atomic E-state index is -0.199. The van der Waals surface area contributed by atoms with Crippen LogP contribution < -0.4 is 10.6 Å². The Morgan fingerprint density at radius 3 is 2.79 bits per heavy atom. The molecule has 1 aromatic carbocycles. The van der Waals surface area contributed by atoms with Crippen molar-refractivity contribution in [3.8, 4) is 0 Å². The molecule has 0 aliphatic rings. The zero-order valence-electron chi connectivity index (χ0n) is 14.4. The first-order chi connectivity index (χ1) is 11.0. The highest BCUT2D eigenvalue weighted by Crippen LogP contribution is 2.16. The van der Waals surface area contributed by atoms with Crippen molar-refractivity contribution in [3.05, 3.63) is 47.3 Å². The number of nitrogens with zero attached hydrogens (tertiary/aromatic N) is 4. The van der Waals surface area contributed by atoms with Gasteiger partial charge in [-0.25, -0.2) is 4.39 Å². The zero-order valence-corrected chi connectivity index (χ0v) is 16.7. The summed E-state index contributed by atoms with van der Waals surface area (Å²) in [5, 5.41) is 14.4. The zero-order chi connectivity index (χ0) is 16.8. The van der Waals surface area contributed by atoms with Crippen molar-refractivity contribution in [1.82, 2.24) is 25.4 Å². The van der Waals surface area contributed by atoms with Crippen LogP contribution >= 0.6 is 24.0 Å². The van der Waals surface area contributed by atoms with Crippen molar-refractivity contribution in [2.75, 3.05) is 7.05 Å². The van der Waals surface area contributed by atoms with Gasteiger partial charge in [-0.15, -0.1) is 34.2 Å². The van der Waals surface area contributed by atoms with Crippen LogP contribution in [0.2, 0.25) is 0 Å². The molecule has 1 unspecified atom stereocenters. The van der Waals surface area contributed by atoms with Gasteiger partial charge in [0.05, 0.1) is 12.6 Å². The molecule has 2 aromatic rings. The van der Waals surface area contributed by atoms with E-state index in [0.717, 1.165) is 17.9 Å². The van der Waals surface area contributed by atoms with Crippen LogP contribution in [0.5, 0.6) is 0 Å². The van der Waals surface area contributed by atoms with Gasteiger partial charge in [0.15, 0.2) is 11.8 Å². The molecule has 0 spiro atoms. The predicted molar refractivity (Wildman–Crippen MR) is 104 cm³/mol.